The Bertz CT molecular complexity index is 1340. The van der Waals surface area contributed by atoms with Gasteiger partial charge in [-0.2, -0.15) is 0 Å². The smallest absolute Gasteiger partial charge is 0.211 e. The number of unbranched alkanes of at least 4 members (excludes halogenated alkanes) is 1. The van der Waals surface area contributed by atoms with E-state index in [2.05, 4.69) is 4.90 Å². The molecule has 0 atom stereocenters. The van der Waals surface area contributed by atoms with E-state index in [4.69, 9.17) is 0 Å². The highest BCUT2D eigenvalue weighted by molar-refractivity contribution is 7.91. The van der Waals surface area contributed by atoms with Crippen LogP contribution in [-0.2, 0) is 22.8 Å². The summed E-state index contributed by atoms with van der Waals surface area (Å²) >= 11 is 0. The van der Waals surface area contributed by atoms with E-state index in [1.165, 1.54) is 24.4 Å². The number of anilines is 1. The normalized spacial score (nSPS) is 15.2. The van der Waals surface area contributed by atoms with Crippen molar-refractivity contribution in [1.82, 2.24) is 9.47 Å². The van der Waals surface area contributed by atoms with Crippen molar-refractivity contribution in [3.63, 3.8) is 0 Å². The number of aryl methyl sites for hydroxylation is 2. The number of sulfone groups is 1. The molecular formula is C26H32FN3O3S. The van der Waals surface area contributed by atoms with Gasteiger partial charge in [-0.1, -0.05) is 32.4 Å². The molecule has 1 fully saturated rings. The molecule has 6 nitrogen and oxygen atoms in total. The number of nitrogens with zero attached hydrogens (tertiary/aromatic N) is 3. The maximum absolute atomic E-state index is 15.2. The van der Waals surface area contributed by atoms with Gasteiger partial charge in [-0.3, -0.25) is 4.79 Å². The summed E-state index contributed by atoms with van der Waals surface area (Å²) in [7, 11) is -2.02. The highest BCUT2D eigenvalue weighted by atomic mass is 32.2. The number of fused-ring (bicyclic) bond motifs is 1. The summed E-state index contributed by atoms with van der Waals surface area (Å²) < 4.78 is 43.9. The molecule has 2 heterocycles. The minimum absolute atomic E-state index is 0.0673. The van der Waals surface area contributed by atoms with E-state index < -0.39 is 21.1 Å². The first-order valence-corrected chi connectivity index (χ1v) is 13.4. The molecule has 4 rings (SSSR count). The molecule has 3 aromatic rings. The van der Waals surface area contributed by atoms with Gasteiger partial charge in [-0.15, -0.1) is 0 Å². The van der Waals surface area contributed by atoms with Gasteiger partial charge in [0, 0.05) is 38.9 Å². The van der Waals surface area contributed by atoms with Crippen LogP contribution in [0.4, 0.5) is 10.1 Å². The van der Waals surface area contributed by atoms with Crippen molar-refractivity contribution in [2.45, 2.75) is 49.4 Å². The number of hydrogen-bond donors (Lipinski definition) is 0. The summed E-state index contributed by atoms with van der Waals surface area (Å²) in [6.45, 7) is 7.62. The predicted molar refractivity (Wildman–Crippen MR) is 134 cm³/mol. The zero-order valence-electron chi connectivity index (χ0n) is 20.1. The number of hydrogen-bond acceptors (Lipinski definition) is 5. The van der Waals surface area contributed by atoms with Gasteiger partial charge in [0.25, 0.3) is 0 Å². The number of likely N-dealkylation sites (N-methyl/N-ethyl adjacent to an activating group) is 1. The van der Waals surface area contributed by atoms with Crippen LogP contribution in [0.3, 0.4) is 0 Å². The Kier molecular flexibility index (Phi) is 7.09. The standard InChI is InChI=1S/C26H32FN3O3S/c1-4-6-11-30-18-25(34(32,33)20-9-7-19(5-2)8-10-20)26(31)21-16-22(27)24(17-23(21)30)29-14-12-28(3)13-15-29/h7-10,16-18H,4-6,11-15H2,1-3H3. The van der Waals surface area contributed by atoms with E-state index in [0.717, 1.165) is 37.9 Å². The van der Waals surface area contributed by atoms with Crippen molar-refractivity contribution < 1.29 is 12.8 Å². The van der Waals surface area contributed by atoms with Crippen molar-refractivity contribution in [2.75, 3.05) is 38.1 Å². The molecule has 0 spiro atoms. The van der Waals surface area contributed by atoms with Crippen LogP contribution in [0, 0.1) is 5.82 Å². The van der Waals surface area contributed by atoms with E-state index in [0.29, 0.717) is 30.8 Å². The van der Waals surface area contributed by atoms with Gasteiger partial charge in [0.2, 0.25) is 15.3 Å². The lowest BCUT2D eigenvalue weighted by molar-refractivity contribution is 0.312. The first-order valence-electron chi connectivity index (χ1n) is 11.9. The molecule has 1 aliphatic heterocycles. The molecular weight excluding hydrogens is 453 g/mol. The maximum Gasteiger partial charge on any atom is 0.211 e. The van der Waals surface area contributed by atoms with Crippen molar-refractivity contribution in [2.24, 2.45) is 0 Å². The summed E-state index contributed by atoms with van der Waals surface area (Å²) in [5, 5.41) is 0.0951. The van der Waals surface area contributed by atoms with Crippen LogP contribution in [0.15, 0.2) is 57.2 Å². The molecule has 0 amide bonds. The summed E-state index contributed by atoms with van der Waals surface area (Å²) in [6, 6.07) is 9.50. The van der Waals surface area contributed by atoms with Gasteiger partial charge < -0.3 is 14.4 Å². The van der Waals surface area contributed by atoms with Crippen LogP contribution in [0.5, 0.6) is 0 Å². The molecule has 0 radical (unpaired) electrons. The molecule has 182 valence electrons. The largest absolute Gasteiger partial charge is 0.367 e. The number of aromatic nitrogens is 1. The molecule has 0 saturated carbocycles. The summed E-state index contributed by atoms with van der Waals surface area (Å²) in [4.78, 5) is 17.3. The Morgan fingerprint density at radius 2 is 1.68 bits per heavy atom. The fourth-order valence-electron chi connectivity index (χ4n) is 4.40. The zero-order valence-corrected chi connectivity index (χ0v) is 20.9. The van der Waals surface area contributed by atoms with Crippen LogP contribution in [0.1, 0.15) is 32.3 Å². The predicted octanol–water partition coefficient (Wildman–Crippen LogP) is 4.09. The van der Waals surface area contributed by atoms with Gasteiger partial charge in [-0.25, -0.2) is 12.8 Å². The zero-order chi connectivity index (χ0) is 24.5. The van der Waals surface area contributed by atoms with E-state index in [9.17, 15) is 13.2 Å². The molecule has 0 unspecified atom stereocenters. The second-order valence-corrected chi connectivity index (χ2v) is 10.9. The fraction of sp³-hybridized carbons (Fsp3) is 0.423. The van der Waals surface area contributed by atoms with E-state index >= 15 is 4.39 Å². The third-order valence-electron chi connectivity index (χ3n) is 6.64. The van der Waals surface area contributed by atoms with Crippen LogP contribution in [0.2, 0.25) is 0 Å². The Morgan fingerprint density at radius 3 is 2.29 bits per heavy atom. The van der Waals surface area contributed by atoms with Crippen molar-refractivity contribution in [3.05, 3.63) is 64.2 Å². The SMILES string of the molecule is CCCCn1cc(S(=O)(=O)c2ccc(CC)cc2)c(=O)c2cc(F)c(N3CCN(C)CC3)cc21. The van der Waals surface area contributed by atoms with Crippen LogP contribution < -0.4 is 10.3 Å². The lowest BCUT2D eigenvalue weighted by Gasteiger charge is -2.34. The van der Waals surface area contributed by atoms with Gasteiger partial charge in [0.05, 0.1) is 21.5 Å². The monoisotopic (exact) mass is 485 g/mol. The third kappa shape index (κ3) is 4.61. The van der Waals surface area contributed by atoms with Crippen LogP contribution in [0.25, 0.3) is 10.9 Å². The number of piperazine rings is 1. The summed E-state index contributed by atoms with van der Waals surface area (Å²) in [6.07, 6.45) is 3.94. The molecule has 0 bridgehead atoms. The number of benzene rings is 2. The van der Waals surface area contributed by atoms with E-state index in [1.54, 1.807) is 22.8 Å². The highest BCUT2D eigenvalue weighted by Gasteiger charge is 2.26. The summed E-state index contributed by atoms with van der Waals surface area (Å²) in [5.74, 6) is -0.502. The maximum atomic E-state index is 15.2. The van der Waals surface area contributed by atoms with Crippen molar-refractivity contribution in [1.29, 1.82) is 0 Å². The van der Waals surface area contributed by atoms with Gasteiger partial charge in [0.1, 0.15) is 10.7 Å². The second kappa shape index (κ2) is 9.88. The Morgan fingerprint density at radius 1 is 1.00 bits per heavy atom. The van der Waals surface area contributed by atoms with Gasteiger partial charge in [-0.05, 0) is 49.7 Å². The van der Waals surface area contributed by atoms with Crippen LogP contribution in [-0.4, -0.2) is 51.1 Å². The topological polar surface area (TPSA) is 62.6 Å². The molecule has 0 N–H and O–H groups in total. The second-order valence-electron chi connectivity index (χ2n) is 8.98. The molecule has 2 aromatic carbocycles. The quantitative estimate of drug-likeness (QED) is 0.505. The van der Waals surface area contributed by atoms with E-state index in [-0.39, 0.29) is 15.2 Å². The number of halogens is 1. The highest BCUT2D eigenvalue weighted by Crippen LogP contribution is 2.28. The average molecular weight is 486 g/mol. The minimum atomic E-state index is -4.05. The van der Waals surface area contributed by atoms with Gasteiger partial charge >= 0.3 is 0 Å². The fourth-order valence-corrected chi connectivity index (χ4v) is 5.77. The Hall–Kier alpha value is -2.71. The lowest BCUT2D eigenvalue weighted by Crippen LogP contribution is -2.44. The summed E-state index contributed by atoms with van der Waals surface area (Å²) in [5.41, 5.74) is 1.37. The molecule has 0 aliphatic carbocycles. The molecule has 34 heavy (non-hydrogen) atoms. The van der Waals surface area contributed by atoms with Crippen molar-refractivity contribution >= 4 is 26.4 Å². The first-order chi connectivity index (χ1) is 16.3. The molecule has 1 aromatic heterocycles. The number of rotatable bonds is 7. The van der Waals surface area contributed by atoms with Crippen LogP contribution >= 0.6 is 0 Å². The number of pyridine rings is 1. The lowest BCUT2D eigenvalue weighted by atomic mass is 10.1. The first kappa shape index (κ1) is 24.4. The average Bonchev–Trinajstić information content (AvgIpc) is 2.84. The molecule has 1 saturated heterocycles. The Labute approximate surface area is 200 Å². The van der Waals surface area contributed by atoms with E-state index in [1.807, 2.05) is 25.8 Å². The van der Waals surface area contributed by atoms with Crippen molar-refractivity contribution in [3.8, 4) is 0 Å². The molecule has 1 aliphatic rings. The van der Waals surface area contributed by atoms with Gasteiger partial charge in [0.15, 0.2) is 0 Å². The third-order valence-corrected chi connectivity index (χ3v) is 8.41. The minimum Gasteiger partial charge on any atom is -0.367 e. The Balaban J connectivity index is 1.88. The molecule has 8 heteroatoms.